The Morgan fingerprint density at radius 1 is 0.941 bits per heavy atom. The van der Waals surface area contributed by atoms with Crippen LogP contribution in [-0.4, -0.2) is 40.8 Å². The molecule has 180 valence electrons. The summed E-state index contributed by atoms with van der Waals surface area (Å²) in [6.07, 6.45) is 1.93. The fourth-order valence-electron chi connectivity index (χ4n) is 3.53. The zero-order valence-corrected chi connectivity index (χ0v) is 20.5. The second kappa shape index (κ2) is 11.6. The van der Waals surface area contributed by atoms with Crippen LogP contribution in [0.3, 0.4) is 0 Å². The Balaban J connectivity index is 1.60. The van der Waals surface area contributed by atoms with Crippen LogP contribution in [0.1, 0.15) is 28.4 Å². The summed E-state index contributed by atoms with van der Waals surface area (Å²) in [5.41, 5.74) is 2.90. The molecule has 1 N–H and O–H groups in total. The molecule has 0 fully saturated rings. The lowest BCUT2D eigenvalue weighted by molar-refractivity contribution is 0.0947. The minimum Gasteiger partial charge on any atom is -0.493 e. The molecule has 0 unspecified atom stereocenters. The van der Waals surface area contributed by atoms with Gasteiger partial charge in [0.2, 0.25) is 10.0 Å². The molecule has 34 heavy (non-hydrogen) atoms. The van der Waals surface area contributed by atoms with Crippen molar-refractivity contribution >= 4 is 21.6 Å². The molecule has 0 saturated carbocycles. The number of nitrogens with zero attached hydrogens (tertiary/aromatic N) is 1. The molecule has 7 nitrogen and oxygen atoms in total. The standard InChI is InChI=1S/C26H30N2O5S/c1-4-21-9-5-6-10-23(21)28(34(3,30)31)19-20-13-15-22(16-14-20)26(29)27-17-18-33-25-12-8-7-11-24(25)32-2/h5-16H,4,17-19H2,1-3H3,(H,27,29). The predicted octanol–water partition coefficient (Wildman–Crippen LogP) is 4.03. The van der Waals surface area contributed by atoms with Crippen LogP contribution in [0, 0.1) is 0 Å². The van der Waals surface area contributed by atoms with Crippen LogP contribution < -0.4 is 19.1 Å². The van der Waals surface area contributed by atoms with Gasteiger partial charge in [-0.15, -0.1) is 0 Å². The van der Waals surface area contributed by atoms with Crippen LogP contribution in [-0.2, 0) is 23.0 Å². The van der Waals surface area contributed by atoms with E-state index in [1.54, 1.807) is 43.5 Å². The van der Waals surface area contributed by atoms with Crippen molar-refractivity contribution in [3.05, 3.63) is 89.5 Å². The summed E-state index contributed by atoms with van der Waals surface area (Å²) in [4.78, 5) is 12.5. The van der Waals surface area contributed by atoms with Gasteiger partial charge in [-0.1, -0.05) is 49.4 Å². The average Bonchev–Trinajstić information content (AvgIpc) is 2.85. The fourth-order valence-corrected chi connectivity index (χ4v) is 4.45. The highest BCUT2D eigenvalue weighted by atomic mass is 32.2. The summed E-state index contributed by atoms with van der Waals surface area (Å²) in [5, 5.41) is 2.82. The summed E-state index contributed by atoms with van der Waals surface area (Å²) in [6, 6.07) is 21.7. The van der Waals surface area contributed by atoms with E-state index in [9.17, 15) is 13.2 Å². The number of hydrogen-bond donors (Lipinski definition) is 1. The molecule has 0 bridgehead atoms. The first-order valence-electron chi connectivity index (χ1n) is 11.0. The van der Waals surface area contributed by atoms with Crippen molar-refractivity contribution < 1.29 is 22.7 Å². The third-order valence-corrected chi connectivity index (χ3v) is 6.42. The molecule has 3 rings (SSSR count). The summed E-state index contributed by atoms with van der Waals surface area (Å²) < 4.78 is 37.3. The highest BCUT2D eigenvalue weighted by Gasteiger charge is 2.20. The molecule has 0 atom stereocenters. The van der Waals surface area contributed by atoms with Gasteiger partial charge in [-0.3, -0.25) is 9.10 Å². The van der Waals surface area contributed by atoms with Crippen LogP contribution in [0.25, 0.3) is 0 Å². The fraction of sp³-hybridized carbons (Fsp3) is 0.269. The molecule has 3 aromatic carbocycles. The maximum Gasteiger partial charge on any atom is 0.251 e. The first kappa shape index (κ1) is 25.1. The molecular formula is C26H30N2O5S. The average molecular weight is 483 g/mol. The molecule has 0 aliphatic rings. The van der Waals surface area contributed by atoms with E-state index in [-0.39, 0.29) is 12.5 Å². The number of methoxy groups -OCH3 is 1. The number of benzene rings is 3. The van der Waals surface area contributed by atoms with Crippen molar-refractivity contribution in [2.75, 3.05) is 30.8 Å². The van der Waals surface area contributed by atoms with Gasteiger partial charge in [-0.25, -0.2) is 8.42 Å². The van der Waals surface area contributed by atoms with Gasteiger partial charge in [0, 0.05) is 5.56 Å². The molecule has 1 amide bonds. The second-order valence-corrected chi connectivity index (χ2v) is 9.61. The predicted molar refractivity (Wildman–Crippen MR) is 134 cm³/mol. The van der Waals surface area contributed by atoms with Gasteiger partial charge in [0.1, 0.15) is 6.61 Å². The molecule has 0 aliphatic heterocycles. The highest BCUT2D eigenvalue weighted by Crippen LogP contribution is 2.26. The van der Waals surface area contributed by atoms with Gasteiger partial charge >= 0.3 is 0 Å². The Kier molecular flexibility index (Phi) is 8.54. The van der Waals surface area contributed by atoms with E-state index in [0.29, 0.717) is 35.9 Å². The van der Waals surface area contributed by atoms with Crippen LogP contribution in [0.2, 0.25) is 0 Å². The van der Waals surface area contributed by atoms with Crippen molar-refractivity contribution in [1.29, 1.82) is 0 Å². The van der Waals surface area contributed by atoms with Crippen LogP contribution in [0.4, 0.5) is 5.69 Å². The minimum absolute atomic E-state index is 0.185. The van der Waals surface area contributed by atoms with E-state index >= 15 is 0 Å². The zero-order valence-electron chi connectivity index (χ0n) is 19.7. The smallest absolute Gasteiger partial charge is 0.251 e. The van der Waals surface area contributed by atoms with Gasteiger partial charge < -0.3 is 14.8 Å². The van der Waals surface area contributed by atoms with Gasteiger partial charge in [-0.2, -0.15) is 0 Å². The van der Waals surface area contributed by atoms with Crippen LogP contribution >= 0.6 is 0 Å². The number of amides is 1. The Morgan fingerprint density at radius 2 is 1.59 bits per heavy atom. The van der Waals surface area contributed by atoms with Crippen molar-refractivity contribution in [3.8, 4) is 11.5 Å². The molecule has 0 radical (unpaired) electrons. The Labute approximate surface area is 201 Å². The molecule has 0 saturated heterocycles. The molecule has 0 aliphatic carbocycles. The lowest BCUT2D eigenvalue weighted by Gasteiger charge is -2.25. The number of anilines is 1. The van der Waals surface area contributed by atoms with Crippen LogP contribution in [0.5, 0.6) is 11.5 Å². The maximum absolute atomic E-state index is 12.5. The van der Waals surface area contributed by atoms with Gasteiger partial charge in [0.05, 0.1) is 32.1 Å². The number of rotatable bonds is 11. The lowest BCUT2D eigenvalue weighted by Crippen LogP contribution is -2.30. The Bertz CT molecular complexity index is 1210. The first-order valence-corrected chi connectivity index (χ1v) is 12.9. The second-order valence-electron chi connectivity index (χ2n) is 7.70. The summed E-state index contributed by atoms with van der Waals surface area (Å²) in [5.74, 6) is 1.02. The number of carbonyl (C=O) groups excluding carboxylic acids is 1. The molecule has 0 heterocycles. The van der Waals surface area contributed by atoms with Crippen molar-refractivity contribution in [1.82, 2.24) is 5.32 Å². The van der Waals surface area contributed by atoms with Crippen molar-refractivity contribution in [2.24, 2.45) is 0 Å². The molecule has 3 aromatic rings. The lowest BCUT2D eigenvalue weighted by atomic mass is 10.1. The third-order valence-electron chi connectivity index (χ3n) is 5.30. The number of nitrogens with one attached hydrogen (secondary N) is 1. The molecular weight excluding hydrogens is 452 g/mol. The maximum atomic E-state index is 12.5. The quantitative estimate of drug-likeness (QED) is 0.417. The molecule has 0 aromatic heterocycles. The van der Waals surface area contributed by atoms with E-state index in [1.807, 2.05) is 43.3 Å². The van der Waals surface area contributed by atoms with Gasteiger partial charge in [0.15, 0.2) is 11.5 Å². The van der Waals surface area contributed by atoms with E-state index in [4.69, 9.17) is 9.47 Å². The normalized spacial score (nSPS) is 11.0. The van der Waals surface area contributed by atoms with Gasteiger partial charge in [-0.05, 0) is 47.9 Å². The SMILES string of the molecule is CCc1ccccc1N(Cc1ccc(C(=O)NCCOc2ccccc2OC)cc1)S(C)(=O)=O. The zero-order chi connectivity index (χ0) is 24.6. The third kappa shape index (κ3) is 6.51. The minimum atomic E-state index is -3.49. The number of ether oxygens (including phenoxy) is 2. The van der Waals surface area contributed by atoms with E-state index in [2.05, 4.69) is 5.32 Å². The summed E-state index contributed by atoms with van der Waals surface area (Å²) in [6.45, 7) is 2.80. The van der Waals surface area contributed by atoms with E-state index in [0.717, 1.165) is 17.5 Å². The summed E-state index contributed by atoms with van der Waals surface area (Å²) in [7, 11) is -1.91. The Hall–Kier alpha value is -3.52. The largest absolute Gasteiger partial charge is 0.493 e. The van der Waals surface area contributed by atoms with E-state index < -0.39 is 10.0 Å². The Morgan fingerprint density at radius 3 is 2.24 bits per heavy atom. The molecule has 8 heteroatoms. The topological polar surface area (TPSA) is 84.9 Å². The summed E-state index contributed by atoms with van der Waals surface area (Å²) >= 11 is 0. The number of carbonyl (C=O) groups is 1. The number of aryl methyl sites for hydroxylation is 1. The number of hydrogen-bond acceptors (Lipinski definition) is 5. The monoisotopic (exact) mass is 482 g/mol. The number of para-hydroxylation sites is 3. The van der Waals surface area contributed by atoms with E-state index in [1.165, 1.54) is 10.6 Å². The van der Waals surface area contributed by atoms with Crippen molar-refractivity contribution in [3.63, 3.8) is 0 Å². The first-order chi connectivity index (χ1) is 16.3. The van der Waals surface area contributed by atoms with Gasteiger partial charge in [0.25, 0.3) is 5.91 Å². The van der Waals surface area contributed by atoms with Crippen molar-refractivity contribution in [2.45, 2.75) is 19.9 Å². The highest BCUT2D eigenvalue weighted by molar-refractivity contribution is 7.92. The van der Waals surface area contributed by atoms with Crippen LogP contribution in [0.15, 0.2) is 72.8 Å². The molecule has 0 spiro atoms. The number of sulfonamides is 1.